The average Bonchev–Trinajstić information content (AvgIpc) is 1.98. The fourth-order valence-corrected chi connectivity index (χ4v) is 0.621. The largest absolute Gasteiger partial charge is 0.468 e. The van der Waals surface area contributed by atoms with E-state index in [0.29, 0.717) is 0 Å². The Morgan fingerprint density at radius 2 is 2.18 bits per heavy atom. The van der Waals surface area contributed by atoms with Crippen molar-refractivity contribution < 1.29 is 9.53 Å². The van der Waals surface area contributed by atoms with Gasteiger partial charge in [-0.3, -0.25) is 4.79 Å². The highest BCUT2D eigenvalue weighted by Gasteiger charge is 2.09. The van der Waals surface area contributed by atoms with Gasteiger partial charge in [0.05, 0.1) is 7.11 Å². The van der Waals surface area contributed by atoms with Gasteiger partial charge >= 0.3 is 5.97 Å². The minimum atomic E-state index is -0.201. The highest BCUT2D eigenvalue weighted by atomic mass is 35.5. The first-order chi connectivity index (χ1) is 4.72. The number of hydrogen-bond donors (Lipinski definition) is 1. The summed E-state index contributed by atoms with van der Waals surface area (Å²) < 4.78 is 4.51. The number of esters is 1. The van der Waals surface area contributed by atoms with E-state index in [2.05, 4.69) is 17.0 Å². The Hall–Kier alpha value is -0.280. The van der Waals surface area contributed by atoms with Gasteiger partial charge in [0.2, 0.25) is 0 Å². The van der Waals surface area contributed by atoms with Crippen molar-refractivity contribution in [3.05, 3.63) is 0 Å². The summed E-state index contributed by atoms with van der Waals surface area (Å²) in [6.45, 7) is 4.70. The first-order valence-electron chi connectivity index (χ1n) is 3.53. The lowest BCUT2D eigenvalue weighted by atomic mass is 10.3. The zero-order valence-corrected chi connectivity index (χ0v) is 8.03. The molecule has 0 aromatic carbocycles. The summed E-state index contributed by atoms with van der Waals surface area (Å²) in [6.07, 6.45) is 1.03. The van der Waals surface area contributed by atoms with Crippen molar-refractivity contribution in [3.63, 3.8) is 0 Å². The van der Waals surface area contributed by atoms with Crippen molar-refractivity contribution in [2.24, 2.45) is 0 Å². The second-order valence-electron chi connectivity index (χ2n) is 2.20. The molecule has 0 aliphatic heterocycles. The van der Waals surface area contributed by atoms with Crippen LogP contribution in [0.1, 0.15) is 20.3 Å². The number of ether oxygens (including phenoxy) is 1. The van der Waals surface area contributed by atoms with E-state index in [0.717, 1.165) is 13.0 Å². The standard InChI is InChI=1S/C7H15NO2.ClH/c1-4-5-8-6(2)7(9)10-3;/h6,8H,4-5H2,1-3H3;1H. The number of nitrogens with one attached hydrogen (secondary N) is 1. The fraction of sp³-hybridized carbons (Fsp3) is 0.857. The molecule has 3 nitrogen and oxygen atoms in total. The van der Waals surface area contributed by atoms with Crippen LogP contribution in [-0.2, 0) is 9.53 Å². The van der Waals surface area contributed by atoms with Crippen LogP contribution < -0.4 is 5.32 Å². The maximum absolute atomic E-state index is 10.7. The summed E-state index contributed by atoms with van der Waals surface area (Å²) in [7, 11) is 1.40. The maximum atomic E-state index is 10.7. The molecular weight excluding hydrogens is 166 g/mol. The summed E-state index contributed by atoms with van der Waals surface area (Å²) in [5.41, 5.74) is 0. The summed E-state index contributed by atoms with van der Waals surface area (Å²) in [6, 6.07) is -0.176. The first kappa shape index (κ1) is 13.3. The Bertz CT molecular complexity index is 109. The highest BCUT2D eigenvalue weighted by molar-refractivity contribution is 5.85. The number of halogens is 1. The monoisotopic (exact) mass is 181 g/mol. The number of carbonyl (C=O) groups is 1. The Morgan fingerprint density at radius 1 is 1.64 bits per heavy atom. The molecule has 11 heavy (non-hydrogen) atoms. The zero-order chi connectivity index (χ0) is 7.98. The van der Waals surface area contributed by atoms with Crippen molar-refractivity contribution in [2.45, 2.75) is 26.3 Å². The SMILES string of the molecule is CCCNC(C)C(=O)OC.Cl. The van der Waals surface area contributed by atoms with Crippen molar-refractivity contribution in [1.82, 2.24) is 5.32 Å². The third-order valence-corrected chi connectivity index (χ3v) is 1.26. The number of hydrogen-bond acceptors (Lipinski definition) is 3. The predicted octanol–water partition coefficient (Wildman–Crippen LogP) is 0.969. The molecule has 0 fully saturated rings. The van der Waals surface area contributed by atoms with Crippen molar-refractivity contribution in [2.75, 3.05) is 13.7 Å². The molecule has 0 aliphatic rings. The van der Waals surface area contributed by atoms with Gasteiger partial charge in [0.1, 0.15) is 6.04 Å². The Labute approximate surface area is 73.9 Å². The Morgan fingerprint density at radius 3 is 2.55 bits per heavy atom. The molecule has 1 atom stereocenters. The van der Waals surface area contributed by atoms with Crippen LogP contribution in [0.15, 0.2) is 0 Å². The molecule has 0 spiro atoms. The van der Waals surface area contributed by atoms with Gasteiger partial charge in [-0.05, 0) is 19.9 Å². The average molecular weight is 182 g/mol. The molecular formula is C7H16ClNO2. The van der Waals surface area contributed by atoms with Crippen LogP contribution in [0.25, 0.3) is 0 Å². The number of methoxy groups -OCH3 is 1. The quantitative estimate of drug-likeness (QED) is 0.657. The lowest BCUT2D eigenvalue weighted by molar-refractivity contribution is -0.142. The molecule has 0 amide bonds. The van der Waals surface area contributed by atoms with Gasteiger partial charge in [-0.1, -0.05) is 6.92 Å². The molecule has 4 heteroatoms. The molecule has 0 rings (SSSR count). The number of carbonyl (C=O) groups excluding carboxylic acids is 1. The molecule has 0 aromatic heterocycles. The minimum Gasteiger partial charge on any atom is -0.468 e. The van der Waals surface area contributed by atoms with E-state index in [4.69, 9.17) is 0 Å². The van der Waals surface area contributed by atoms with Crippen LogP contribution in [0.3, 0.4) is 0 Å². The van der Waals surface area contributed by atoms with Crippen LogP contribution in [0.4, 0.5) is 0 Å². The second kappa shape index (κ2) is 7.82. The lowest BCUT2D eigenvalue weighted by Crippen LogP contribution is -2.35. The van der Waals surface area contributed by atoms with Gasteiger partial charge in [-0.15, -0.1) is 12.4 Å². The zero-order valence-electron chi connectivity index (χ0n) is 7.22. The molecule has 0 bridgehead atoms. The lowest BCUT2D eigenvalue weighted by Gasteiger charge is -2.09. The van der Waals surface area contributed by atoms with Gasteiger partial charge < -0.3 is 10.1 Å². The van der Waals surface area contributed by atoms with Gasteiger partial charge in [-0.25, -0.2) is 0 Å². The molecule has 0 saturated carbocycles. The topological polar surface area (TPSA) is 38.3 Å². The molecule has 0 saturated heterocycles. The summed E-state index contributed by atoms with van der Waals surface area (Å²) in [5.74, 6) is -0.201. The van der Waals surface area contributed by atoms with E-state index in [1.165, 1.54) is 7.11 Å². The molecule has 1 unspecified atom stereocenters. The Balaban J connectivity index is 0. The van der Waals surface area contributed by atoms with Crippen LogP contribution in [0.5, 0.6) is 0 Å². The number of rotatable bonds is 4. The molecule has 0 aliphatic carbocycles. The maximum Gasteiger partial charge on any atom is 0.322 e. The summed E-state index contributed by atoms with van der Waals surface area (Å²) >= 11 is 0. The molecule has 68 valence electrons. The van der Waals surface area contributed by atoms with Gasteiger partial charge in [0.25, 0.3) is 0 Å². The normalized spacial score (nSPS) is 11.5. The highest BCUT2D eigenvalue weighted by Crippen LogP contribution is 1.85. The predicted molar refractivity (Wildman–Crippen MR) is 47.0 cm³/mol. The second-order valence-corrected chi connectivity index (χ2v) is 2.20. The van der Waals surface area contributed by atoms with Crippen LogP contribution >= 0.6 is 12.4 Å². The first-order valence-corrected chi connectivity index (χ1v) is 3.53. The van der Waals surface area contributed by atoms with E-state index in [1.807, 2.05) is 0 Å². The van der Waals surface area contributed by atoms with Crippen molar-refractivity contribution >= 4 is 18.4 Å². The van der Waals surface area contributed by atoms with Gasteiger partial charge in [0.15, 0.2) is 0 Å². The van der Waals surface area contributed by atoms with E-state index < -0.39 is 0 Å². The summed E-state index contributed by atoms with van der Waals surface area (Å²) in [5, 5.41) is 3.01. The third kappa shape index (κ3) is 6.13. The van der Waals surface area contributed by atoms with Crippen molar-refractivity contribution in [3.8, 4) is 0 Å². The third-order valence-electron chi connectivity index (χ3n) is 1.26. The molecule has 0 aromatic rings. The van der Waals surface area contributed by atoms with Crippen LogP contribution in [-0.4, -0.2) is 25.7 Å². The van der Waals surface area contributed by atoms with Crippen molar-refractivity contribution in [1.29, 1.82) is 0 Å². The van der Waals surface area contributed by atoms with Crippen LogP contribution in [0, 0.1) is 0 Å². The van der Waals surface area contributed by atoms with E-state index in [9.17, 15) is 4.79 Å². The van der Waals surface area contributed by atoms with Crippen LogP contribution in [0.2, 0.25) is 0 Å². The summed E-state index contributed by atoms with van der Waals surface area (Å²) in [4.78, 5) is 10.7. The van der Waals surface area contributed by atoms with E-state index in [1.54, 1.807) is 6.92 Å². The Kier molecular flexibility index (Phi) is 9.47. The molecule has 1 N–H and O–H groups in total. The molecule has 0 radical (unpaired) electrons. The van der Waals surface area contributed by atoms with E-state index >= 15 is 0 Å². The minimum absolute atomic E-state index is 0. The smallest absolute Gasteiger partial charge is 0.322 e. The van der Waals surface area contributed by atoms with Gasteiger partial charge in [-0.2, -0.15) is 0 Å². The van der Waals surface area contributed by atoms with E-state index in [-0.39, 0.29) is 24.4 Å². The van der Waals surface area contributed by atoms with Gasteiger partial charge in [0, 0.05) is 0 Å². The molecule has 0 heterocycles. The fourth-order valence-electron chi connectivity index (χ4n) is 0.621.